The van der Waals surface area contributed by atoms with Crippen molar-refractivity contribution in [3.05, 3.63) is 88.7 Å². The first-order valence-corrected chi connectivity index (χ1v) is 22.9. The maximum Gasteiger partial charge on any atom is 0.258 e. The maximum absolute atomic E-state index is 15.3. The summed E-state index contributed by atoms with van der Waals surface area (Å²) in [5.74, 6) is -3.45. The highest BCUT2D eigenvalue weighted by Gasteiger charge is 2.48. The van der Waals surface area contributed by atoms with Crippen LogP contribution in [0.2, 0.25) is 0 Å². The van der Waals surface area contributed by atoms with Gasteiger partial charge in [0.1, 0.15) is 18.2 Å². The topological polar surface area (TPSA) is 151 Å². The minimum Gasteiger partial charge on any atom is -0.371 e. The fourth-order valence-corrected chi connectivity index (χ4v) is 10.6. The predicted molar refractivity (Wildman–Crippen MR) is 236 cm³/mol. The zero-order valence-corrected chi connectivity index (χ0v) is 37.1. The van der Waals surface area contributed by atoms with Gasteiger partial charge in [0.2, 0.25) is 23.7 Å². The van der Waals surface area contributed by atoms with Crippen molar-refractivity contribution < 1.29 is 37.5 Å². The molecule has 0 radical (unpaired) electrons. The summed E-state index contributed by atoms with van der Waals surface area (Å²) in [6.45, 7) is 10.2. The highest BCUT2D eigenvalue weighted by atomic mass is 19.1. The first kappa shape index (κ1) is 42.7. The van der Waals surface area contributed by atoms with Crippen molar-refractivity contribution in [1.29, 1.82) is 0 Å². The monoisotopic (exact) mass is 889 g/mol. The van der Waals surface area contributed by atoms with Crippen LogP contribution < -0.4 is 25.1 Å². The molecule has 15 nitrogen and oxygen atoms in total. The lowest BCUT2D eigenvalue weighted by Crippen LogP contribution is -2.62. The zero-order valence-electron chi connectivity index (χ0n) is 37.1. The van der Waals surface area contributed by atoms with E-state index in [0.717, 1.165) is 80.8 Å². The number of anilines is 2. The van der Waals surface area contributed by atoms with E-state index in [4.69, 9.17) is 14.8 Å². The van der Waals surface area contributed by atoms with Crippen LogP contribution in [0, 0.1) is 35.8 Å². The second-order valence-electron chi connectivity index (χ2n) is 19.1. The summed E-state index contributed by atoms with van der Waals surface area (Å²) in [6.07, 6.45) is 6.35. The second kappa shape index (κ2) is 17.0. The highest BCUT2D eigenvalue weighted by molar-refractivity contribution is 6.05. The summed E-state index contributed by atoms with van der Waals surface area (Å²) in [6, 6.07) is 14.4. The number of likely N-dealkylation sites (tertiary alicyclic amines) is 2. The van der Waals surface area contributed by atoms with Crippen LogP contribution in [0.1, 0.15) is 85.0 Å². The molecular formula is C48H55F2N10O5+. The van der Waals surface area contributed by atoms with Crippen LogP contribution in [0.5, 0.6) is 0 Å². The van der Waals surface area contributed by atoms with E-state index in [-0.39, 0.29) is 47.5 Å². The summed E-state index contributed by atoms with van der Waals surface area (Å²) in [5.41, 5.74) is 5.72. The summed E-state index contributed by atoms with van der Waals surface area (Å²) >= 11 is 0. The average Bonchev–Trinajstić information content (AvgIpc) is 3.99. The molecule has 4 saturated heterocycles. The number of amides is 4. The largest absolute Gasteiger partial charge is 0.371 e. The van der Waals surface area contributed by atoms with Gasteiger partial charge in [0.05, 0.1) is 28.6 Å². The van der Waals surface area contributed by atoms with E-state index in [2.05, 4.69) is 39.2 Å². The lowest BCUT2D eigenvalue weighted by molar-refractivity contribution is -0.777. The minimum atomic E-state index is -1.05. The van der Waals surface area contributed by atoms with Gasteiger partial charge in [0, 0.05) is 84.5 Å². The van der Waals surface area contributed by atoms with Crippen LogP contribution in [-0.4, -0.2) is 98.7 Å². The average molecular weight is 890 g/mol. The lowest BCUT2D eigenvalue weighted by Gasteiger charge is -2.54. The fourth-order valence-electron chi connectivity index (χ4n) is 10.6. The number of halogens is 2. The molecule has 0 saturated carbocycles. The van der Waals surface area contributed by atoms with Crippen LogP contribution in [0.3, 0.4) is 0 Å². The Morgan fingerprint density at radius 2 is 1.72 bits per heavy atom. The van der Waals surface area contributed by atoms with Gasteiger partial charge in [-0.05, 0) is 106 Å². The van der Waals surface area contributed by atoms with Gasteiger partial charge in [0.25, 0.3) is 5.91 Å². The van der Waals surface area contributed by atoms with E-state index in [1.807, 2.05) is 46.8 Å². The van der Waals surface area contributed by atoms with E-state index in [1.54, 1.807) is 17.0 Å². The van der Waals surface area contributed by atoms with Crippen LogP contribution in [-0.2, 0) is 34.5 Å². The number of nitrogens with one attached hydrogen (secondary N) is 2. The number of pyridine rings is 1. The number of carbonyl (C=O) groups is 4. The number of carbonyl (C=O) groups excluding carboxylic acids is 4. The van der Waals surface area contributed by atoms with Gasteiger partial charge >= 0.3 is 0 Å². The summed E-state index contributed by atoms with van der Waals surface area (Å²) < 4.78 is 34.6. The number of piperidine rings is 2. The van der Waals surface area contributed by atoms with E-state index in [0.29, 0.717) is 55.6 Å². The number of nitrogens with zero attached hydrogens (tertiary/aromatic N) is 8. The Kier molecular flexibility index (Phi) is 11.1. The van der Waals surface area contributed by atoms with Crippen LogP contribution >= 0.6 is 0 Å². The highest BCUT2D eigenvalue weighted by Crippen LogP contribution is 2.42. The number of imidazole rings is 1. The van der Waals surface area contributed by atoms with Crippen LogP contribution in [0.4, 0.5) is 20.4 Å². The van der Waals surface area contributed by atoms with E-state index in [1.165, 1.54) is 17.7 Å². The number of aryl methyl sites for hydroxylation is 2. The first-order valence-electron chi connectivity index (χ1n) is 22.9. The van der Waals surface area contributed by atoms with Crippen LogP contribution in [0.15, 0.2) is 54.7 Å². The molecule has 5 aliphatic rings. The number of hydrogen-bond acceptors (Lipinski definition) is 9. The fraction of sp³-hybridized carbons (Fsp3) is 0.479. The molecule has 17 heteroatoms. The second-order valence-corrected chi connectivity index (χ2v) is 19.1. The van der Waals surface area contributed by atoms with Gasteiger partial charge in [-0.3, -0.25) is 39.7 Å². The minimum absolute atomic E-state index is 0.0290. The van der Waals surface area contributed by atoms with Gasteiger partial charge in [-0.25, -0.2) is 13.8 Å². The molecule has 3 atom stereocenters. The van der Waals surface area contributed by atoms with Crippen molar-refractivity contribution in [2.24, 2.45) is 24.3 Å². The smallest absolute Gasteiger partial charge is 0.258 e. The third-order valence-electron chi connectivity index (χ3n) is 14.2. The summed E-state index contributed by atoms with van der Waals surface area (Å²) in [7, 11) is 1.91. The Balaban J connectivity index is 0.765. The van der Waals surface area contributed by atoms with Gasteiger partial charge in [-0.1, -0.05) is 17.7 Å². The molecule has 2 N–H and O–H groups in total. The van der Waals surface area contributed by atoms with E-state index < -0.39 is 29.4 Å². The molecule has 2 bridgehead atoms. The standard InChI is InChI=1S/C48H54F2N10O5/c1-29-5-4-18-65-60-40(11-14-55(60)3)39-21-33(19-30(2)51-39)44(62)54-47-52-38-8-6-31(20-41(38)59(47)24-29)25-56-16-12-48(13-17-56)27-58(28-48)46(64)32-10-15-57(26-32)34-22-36(49)43(37(50)23-34)35-7-9-42(61)53-45(35)63/h6,8,11,14,19-23,29,32,35H,4-5,7,9-10,12-13,15-18,24-28H2,1-3H3,(H-,52,53,54,61,62,63)/p+1/t29-,32?,35-/m1/s1. The molecule has 4 amide bonds. The molecular weight excluding hydrogens is 835 g/mol. The van der Waals surface area contributed by atoms with E-state index in [9.17, 15) is 19.2 Å². The predicted octanol–water partition coefficient (Wildman–Crippen LogP) is 4.89. The Morgan fingerprint density at radius 1 is 0.938 bits per heavy atom. The third kappa shape index (κ3) is 8.34. The normalized spacial score (nSPS) is 22.7. The summed E-state index contributed by atoms with van der Waals surface area (Å²) in [5, 5.41) is 5.31. The number of benzene rings is 2. The Labute approximate surface area is 375 Å². The molecule has 65 heavy (non-hydrogen) atoms. The van der Waals surface area contributed by atoms with Crippen molar-refractivity contribution in [2.75, 3.05) is 56.1 Å². The molecule has 1 spiro atoms. The molecule has 5 aromatic rings. The molecule has 3 aromatic heterocycles. The Morgan fingerprint density at radius 3 is 2.49 bits per heavy atom. The van der Waals surface area contributed by atoms with Crippen molar-refractivity contribution >= 4 is 46.3 Å². The number of imide groups is 1. The molecule has 8 heterocycles. The first-order chi connectivity index (χ1) is 31.3. The molecule has 0 aliphatic carbocycles. The maximum atomic E-state index is 15.3. The zero-order chi connectivity index (χ0) is 45.1. The molecule has 2 aromatic carbocycles. The summed E-state index contributed by atoms with van der Waals surface area (Å²) in [4.78, 5) is 75.4. The number of hydrogen-bond donors (Lipinski definition) is 2. The third-order valence-corrected chi connectivity index (χ3v) is 14.2. The van der Waals surface area contributed by atoms with Gasteiger partial charge < -0.3 is 19.2 Å². The van der Waals surface area contributed by atoms with Gasteiger partial charge in [0.15, 0.2) is 18.9 Å². The van der Waals surface area contributed by atoms with Crippen LogP contribution in [0.25, 0.3) is 22.4 Å². The molecule has 4 fully saturated rings. The molecule has 1 unspecified atom stereocenters. The van der Waals surface area contributed by atoms with Crippen molar-refractivity contribution in [3.8, 4) is 11.4 Å². The number of fused-ring (bicyclic) bond motifs is 7. The van der Waals surface area contributed by atoms with Crippen molar-refractivity contribution in [2.45, 2.75) is 77.8 Å². The van der Waals surface area contributed by atoms with E-state index >= 15 is 8.78 Å². The lowest BCUT2D eigenvalue weighted by atomic mass is 9.71. The SMILES string of the molecule is Cc1cc2cc(n1)-c1cc[n+](C)n1OCCC[C@@H](C)Cn1c(nc3ccc(CN4CCC5(CC4)CN(C(=O)C4CCN(c6cc(F)c([C@H]7CCC(=O)NC7=O)c(F)c6)C4)C5)cc31)NC2=O. The Bertz CT molecular complexity index is 2690. The molecule has 340 valence electrons. The quantitative estimate of drug-likeness (QED) is 0.186. The molecule has 5 aliphatic heterocycles. The van der Waals surface area contributed by atoms with Gasteiger partial charge in [-0.2, -0.15) is 0 Å². The number of rotatable bonds is 5. The molecule has 10 rings (SSSR count). The number of aromatic nitrogens is 5. The van der Waals surface area contributed by atoms with Crippen molar-refractivity contribution in [3.63, 3.8) is 0 Å². The Hall–Kier alpha value is -6.23. The van der Waals surface area contributed by atoms with Gasteiger partial charge in [-0.15, -0.1) is 0 Å². The van der Waals surface area contributed by atoms with Crippen molar-refractivity contribution in [1.82, 2.24) is 34.5 Å².